The van der Waals surface area contributed by atoms with Gasteiger partial charge in [0.1, 0.15) is 5.60 Å². The molecule has 2 rings (SSSR count). The molecular weight excluding hydrogens is 172 g/mol. The SMILES string of the molecule is CO[C@@H]1C[C@H](O)[C@@]2(CCC[C@@H]2O)O1. The van der Waals surface area contributed by atoms with E-state index in [9.17, 15) is 10.2 Å². The maximum Gasteiger partial charge on any atom is 0.160 e. The Balaban J connectivity index is 2.14. The van der Waals surface area contributed by atoms with Crippen molar-refractivity contribution in [1.29, 1.82) is 0 Å². The average Bonchev–Trinajstić information content (AvgIpc) is 2.62. The van der Waals surface area contributed by atoms with E-state index >= 15 is 0 Å². The molecule has 0 amide bonds. The molecule has 1 saturated heterocycles. The predicted octanol–water partition coefficient (Wildman–Crippen LogP) is 0.0237. The number of hydrogen-bond donors (Lipinski definition) is 2. The van der Waals surface area contributed by atoms with Crippen molar-refractivity contribution in [2.45, 2.75) is 49.8 Å². The Bertz CT molecular complexity index is 196. The van der Waals surface area contributed by atoms with Crippen LogP contribution in [0.3, 0.4) is 0 Å². The summed E-state index contributed by atoms with van der Waals surface area (Å²) in [7, 11) is 1.55. The molecule has 13 heavy (non-hydrogen) atoms. The molecule has 4 heteroatoms. The highest BCUT2D eigenvalue weighted by Crippen LogP contribution is 2.43. The number of aliphatic hydroxyl groups excluding tert-OH is 2. The minimum absolute atomic E-state index is 0.359. The molecule has 1 saturated carbocycles. The quantitative estimate of drug-likeness (QED) is 0.609. The normalized spacial score (nSPS) is 50.5. The minimum Gasteiger partial charge on any atom is -0.390 e. The Morgan fingerprint density at radius 1 is 1.38 bits per heavy atom. The van der Waals surface area contributed by atoms with Gasteiger partial charge in [0.25, 0.3) is 0 Å². The van der Waals surface area contributed by atoms with Crippen LogP contribution in [0.1, 0.15) is 25.7 Å². The number of ether oxygens (including phenoxy) is 2. The van der Waals surface area contributed by atoms with Crippen molar-refractivity contribution in [1.82, 2.24) is 0 Å². The van der Waals surface area contributed by atoms with E-state index in [1.54, 1.807) is 7.11 Å². The van der Waals surface area contributed by atoms with Crippen molar-refractivity contribution in [3.8, 4) is 0 Å². The molecule has 2 fully saturated rings. The van der Waals surface area contributed by atoms with Crippen molar-refractivity contribution in [3.05, 3.63) is 0 Å². The summed E-state index contributed by atoms with van der Waals surface area (Å²) in [6, 6.07) is 0. The summed E-state index contributed by atoms with van der Waals surface area (Å²) >= 11 is 0. The summed E-state index contributed by atoms with van der Waals surface area (Å²) < 4.78 is 10.6. The lowest BCUT2D eigenvalue weighted by Crippen LogP contribution is -2.46. The molecular formula is C9H16O4. The first kappa shape index (κ1) is 9.40. The third-order valence-electron chi connectivity index (χ3n) is 3.20. The van der Waals surface area contributed by atoms with E-state index in [0.29, 0.717) is 12.8 Å². The number of methoxy groups -OCH3 is 1. The van der Waals surface area contributed by atoms with Crippen LogP contribution in [0.15, 0.2) is 0 Å². The van der Waals surface area contributed by atoms with Crippen LogP contribution < -0.4 is 0 Å². The van der Waals surface area contributed by atoms with Gasteiger partial charge < -0.3 is 19.7 Å². The van der Waals surface area contributed by atoms with Gasteiger partial charge in [-0.1, -0.05) is 0 Å². The standard InChI is InChI=1S/C9H16O4/c1-12-8-5-7(11)9(13-8)4-2-3-6(9)10/h6-8,10-11H,2-5H2,1H3/t6-,7-,8-,9-/m0/s1. The second-order valence-corrected chi connectivity index (χ2v) is 3.90. The smallest absolute Gasteiger partial charge is 0.160 e. The van der Waals surface area contributed by atoms with Crippen molar-refractivity contribution < 1.29 is 19.7 Å². The van der Waals surface area contributed by atoms with Crippen LogP contribution in [0.5, 0.6) is 0 Å². The van der Waals surface area contributed by atoms with Crippen LogP contribution in [0.4, 0.5) is 0 Å². The number of rotatable bonds is 1. The molecule has 2 N–H and O–H groups in total. The van der Waals surface area contributed by atoms with E-state index < -0.39 is 17.8 Å². The van der Waals surface area contributed by atoms with Gasteiger partial charge in [0.15, 0.2) is 6.29 Å². The molecule has 4 atom stereocenters. The van der Waals surface area contributed by atoms with Gasteiger partial charge >= 0.3 is 0 Å². The molecule has 1 heterocycles. The van der Waals surface area contributed by atoms with E-state index in [4.69, 9.17) is 9.47 Å². The lowest BCUT2D eigenvalue weighted by atomic mass is 9.93. The van der Waals surface area contributed by atoms with Gasteiger partial charge in [-0.25, -0.2) is 0 Å². The van der Waals surface area contributed by atoms with Gasteiger partial charge in [-0.3, -0.25) is 0 Å². The molecule has 0 radical (unpaired) electrons. The number of aliphatic hydroxyl groups is 2. The van der Waals surface area contributed by atoms with Crippen molar-refractivity contribution in [2.75, 3.05) is 7.11 Å². The van der Waals surface area contributed by atoms with E-state index in [2.05, 4.69) is 0 Å². The zero-order valence-corrected chi connectivity index (χ0v) is 7.77. The molecule has 0 bridgehead atoms. The largest absolute Gasteiger partial charge is 0.390 e. The Labute approximate surface area is 77.5 Å². The summed E-state index contributed by atoms with van der Waals surface area (Å²) in [5.74, 6) is 0. The van der Waals surface area contributed by atoms with Crippen LogP contribution in [-0.4, -0.2) is 41.4 Å². The van der Waals surface area contributed by atoms with E-state index in [-0.39, 0.29) is 6.29 Å². The highest BCUT2D eigenvalue weighted by molar-refractivity contribution is 5.03. The van der Waals surface area contributed by atoms with Gasteiger partial charge in [0.2, 0.25) is 0 Å². The molecule has 0 unspecified atom stereocenters. The Kier molecular flexibility index (Phi) is 2.32. The summed E-state index contributed by atoms with van der Waals surface area (Å²) in [6.45, 7) is 0. The highest BCUT2D eigenvalue weighted by Gasteiger charge is 2.55. The molecule has 1 spiro atoms. The van der Waals surface area contributed by atoms with Crippen molar-refractivity contribution >= 4 is 0 Å². The predicted molar refractivity (Wildman–Crippen MR) is 45.1 cm³/mol. The summed E-state index contributed by atoms with van der Waals surface area (Å²) in [5, 5.41) is 19.5. The van der Waals surface area contributed by atoms with Crippen LogP contribution >= 0.6 is 0 Å². The topological polar surface area (TPSA) is 58.9 Å². The zero-order valence-electron chi connectivity index (χ0n) is 7.77. The third kappa shape index (κ3) is 1.29. The van der Waals surface area contributed by atoms with E-state index in [1.807, 2.05) is 0 Å². The zero-order chi connectivity index (χ0) is 9.47. The molecule has 2 aliphatic rings. The van der Waals surface area contributed by atoms with Crippen molar-refractivity contribution in [3.63, 3.8) is 0 Å². The lowest BCUT2D eigenvalue weighted by Gasteiger charge is -2.30. The molecule has 0 aromatic heterocycles. The highest BCUT2D eigenvalue weighted by atomic mass is 16.7. The first-order valence-electron chi connectivity index (χ1n) is 4.76. The fraction of sp³-hybridized carbons (Fsp3) is 1.00. The second-order valence-electron chi connectivity index (χ2n) is 3.90. The first-order chi connectivity index (χ1) is 6.19. The van der Waals surface area contributed by atoms with Crippen LogP contribution in [0, 0.1) is 0 Å². The van der Waals surface area contributed by atoms with E-state index in [0.717, 1.165) is 12.8 Å². The lowest BCUT2D eigenvalue weighted by molar-refractivity contribution is -0.191. The van der Waals surface area contributed by atoms with Gasteiger partial charge in [-0.05, 0) is 19.3 Å². The van der Waals surface area contributed by atoms with Gasteiger partial charge in [-0.2, -0.15) is 0 Å². The van der Waals surface area contributed by atoms with Crippen LogP contribution in [0.25, 0.3) is 0 Å². The fourth-order valence-corrected chi connectivity index (χ4v) is 2.41. The molecule has 0 aromatic carbocycles. The summed E-state index contributed by atoms with van der Waals surface area (Å²) in [6.07, 6.45) is 1.34. The maximum atomic E-state index is 9.79. The first-order valence-corrected chi connectivity index (χ1v) is 4.76. The van der Waals surface area contributed by atoms with Crippen LogP contribution in [0.2, 0.25) is 0 Å². The van der Waals surface area contributed by atoms with Gasteiger partial charge in [-0.15, -0.1) is 0 Å². The monoisotopic (exact) mass is 188 g/mol. The second kappa shape index (κ2) is 3.20. The fourth-order valence-electron chi connectivity index (χ4n) is 2.41. The minimum atomic E-state index is -0.735. The average molecular weight is 188 g/mol. The Hall–Kier alpha value is -0.160. The number of hydrogen-bond acceptors (Lipinski definition) is 4. The molecule has 0 aromatic rings. The molecule has 76 valence electrons. The van der Waals surface area contributed by atoms with Crippen LogP contribution in [-0.2, 0) is 9.47 Å². The summed E-state index contributed by atoms with van der Waals surface area (Å²) in [5.41, 5.74) is -0.735. The molecule has 1 aliphatic heterocycles. The van der Waals surface area contributed by atoms with Gasteiger partial charge in [0.05, 0.1) is 12.2 Å². The Morgan fingerprint density at radius 3 is 2.62 bits per heavy atom. The van der Waals surface area contributed by atoms with Crippen molar-refractivity contribution in [2.24, 2.45) is 0 Å². The van der Waals surface area contributed by atoms with Gasteiger partial charge in [0, 0.05) is 13.5 Å². The summed E-state index contributed by atoms with van der Waals surface area (Å²) in [4.78, 5) is 0. The molecule has 4 nitrogen and oxygen atoms in total. The third-order valence-corrected chi connectivity index (χ3v) is 3.20. The Morgan fingerprint density at radius 2 is 2.15 bits per heavy atom. The van der Waals surface area contributed by atoms with E-state index in [1.165, 1.54) is 0 Å². The molecule has 1 aliphatic carbocycles. The maximum absolute atomic E-state index is 9.79.